The smallest absolute Gasteiger partial charge is 0.270 e. The first-order valence-corrected chi connectivity index (χ1v) is 4.86. The highest BCUT2D eigenvalue weighted by Crippen LogP contribution is 2.00. The summed E-state index contributed by atoms with van der Waals surface area (Å²) in [6.07, 6.45) is 3.10. The van der Waals surface area contributed by atoms with Gasteiger partial charge in [-0.15, -0.1) is 0 Å². The van der Waals surface area contributed by atoms with Crippen LogP contribution in [0.2, 0.25) is 0 Å². The fourth-order valence-corrected chi connectivity index (χ4v) is 1.25. The van der Waals surface area contributed by atoms with Crippen LogP contribution in [0.4, 0.5) is 0 Å². The number of carbonyl (C=O) groups excluding carboxylic acids is 1. The molecular weight excluding hydrogens is 206 g/mol. The molecule has 0 aliphatic heterocycles. The summed E-state index contributed by atoms with van der Waals surface area (Å²) in [5.74, 6) is 0.364. The summed E-state index contributed by atoms with van der Waals surface area (Å²) in [7, 11) is 0. The number of carbonyl (C=O) groups is 1. The molecule has 0 bridgehead atoms. The first kappa shape index (κ1) is 10.4. The van der Waals surface area contributed by atoms with E-state index in [0.29, 0.717) is 23.8 Å². The molecule has 82 valence electrons. The highest BCUT2D eigenvalue weighted by atomic mass is 16.3. The lowest BCUT2D eigenvalue weighted by Gasteiger charge is -2.01. The van der Waals surface area contributed by atoms with Crippen LogP contribution in [0.15, 0.2) is 35.1 Å². The molecule has 0 saturated heterocycles. The Bertz CT molecular complexity index is 479. The summed E-state index contributed by atoms with van der Waals surface area (Å²) >= 11 is 0. The van der Waals surface area contributed by atoms with Crippen molar-refractivity contribution in [3.05, 3.63) is 47.9 Å². The van der Waals surface area contributed by atoms with Gasteiger partial charge in [0.15, 0.2) is 5.89 Å². The fraction of sp³-hybridized carbons (Fsp3) is 0.182. The van der Waals surface area contributed by atoms with Crippen LogP contribution in [-0.2, 0) is 6.54 Å². The SMILES string of the molecule is Cc1nc(CNC(=O)c2ccccn2)co1. The second kappa shape index (κ2) is 4.57. The number of nitrogens with zero attached hydrogens (tertiary/aromatic N) is 2. The molecule has 0 saturated carbocycles. The van der Waals surface area contributed by atoms with Crippen molar-refractivity contribution in [1.82, 2.24) is 15.3 Å². The number of rotatable bonds is 3. The number of hydrogen-bond acceptors (Lipinski definition) is 4. The third-order valence-electron chi connectivity index (χ3n) is 1.99. The Morgan fingerprint density at radius 3 is 3.00 bits per heavy atom. The lowest BCUT2D eigenvalue weighted by atomic mass is 10.3. The maximum Gasteiger partial charge on any atom is 0.270 e. The minimum Gasteiger partial charge on any atom is -0.449 e. The predicted octanol–water partition coefficient (Wildman–Crippen LogP) is 1.31. The number of aryl methyl sites for hydroxylation is 1. The predicted molar refractivity (Wildman–Crippen MR) is 56.6 cm³/mol. The summed E-state index contributed by atoms with van der Waals surface area (Å²) in [5, 5.41) is 2.70. The minimum atomic E-state index is -0.221. The van der Waals surface area contributed by atoms with Crippen molar-refractivity contribution >= 4 is 5.91 Å². The van der Waals surface area contributed by atoms with Gasteiger partial charge in [-0.25, -0.2) is 4.98 Å². The van der Waals surface area contributed by atoms with E-state index < -0.39 is 0 Å². The molecule has 0 aliphatic carbocycles. The van der Waals surface area contributed by atoms with Crippen molar-refractivity contribution in [1.29, 1.82) is 0 Å². The molecule has 0 unspecified atom stereocenters. The summed E-state index contributed by atoms with van der Waals surface area (Å²) < 4.78 is 5.02. The molecule has 1 amide bonds. The summed E-state index contributed by atoms with van der Waals surface area (Å²) in [5.41, 5.74) is 1.09. The van der Waals surface area contributed by atoms with E-state index in [0.717, 1.165) is 0 Å². The van der Waals surface area contributed by atoms with E-state index in [1.165, 1.54) is 6.26 Å². The average molecular weight is 217 g/mol. The van der Waals surface area contributed by atoms with Gasteiger partial charge in [0.05, 0.1) is 12.2 Å². The van der Waals surface area contributed by atoms with E-state index in [-0.39, 0.29) is 5.91 Å². The first-order valence-electron chi connectivity index (χ1n) is 4.86. The van der Waals surface area contributed by atoms with Crippen LogP contribution >= 0.6 is 0 Å². The standard InChI is InChI=1S/C11H11N3O2/c1-8-14-9(7-16-8)6-13-11(15)10-4-2-3-5-12-10/h2-5,7H,6H2,1H3,(H,13,15). The first-order chi connectivity index (χ1) is 7.75. The van der Waals surface area contributed by atoms with Crippen molar-refractivity contribution in [2.75, 3.05) is 0 Å². The van der Waals surface area contributed by atoms with E-state index >= 15 is 0 Å². The Hall–Kier alpha value is -2.17. The van der Waals surface area contributed by atoms with E-state index in [9.17, 15) is 4.79 Å². The highest BCUT2D eigenvalue weighted by molar-refractivity contribution is 5.92. The molecule has 2 aromatic heterocycles. The number of hydrogen-bond donors (Lipinski definition) is 1. The molecular formula is C11H11N3O2. The summed E-state index contributed by atoms with van der Waals surface area (Å²) in [6, 6.07) is 5.18. The van der Waals surface area contributed by atoms with Crippen LogP contribution in [0.1, 0.15) is 22.1 Å². The third-order valence-corrected chi connectivity index (χ3v) is 1.99. The molecule has 0 aliphatic rings. The van der Waals surface area contributed by atoms with Gasteiger partial charge in [-0.05, 0) is 12.1 Å². The van der Waals surface area contributed by atoms with Gasteiger partial charge in [-0.3, -0.25) is 9.78 Å². The van der Waals surface area contributed by atoms with Gasteiger partial charge in [0.1, 0.15) is 12.0 Å². The molecule has 0 fully saturated rings. The van der Waals surface area contributed by atoms with Gasteiger partial charge in [0.2, 0.25) is 0 Å². The normalized spacial score (nSPS) is 10.1. The van der Waals surface area contributed by atoms with Gasteiger partial charge < -0.3 is 9.73 Å². The number of aromatic nitrogens is 2. The van der Waals surface area contributed by atoms with Crippen LogP contribution < -0.4 is 5.32 Å². The summed E-state index contributed by atoms with van der Waals surface area (Å²) in [4.78, 5) is 19.6. The molecule has 0 spiro atoms. The molecule has 2 aromatic rings. The molecule has 5 nitrogen and oxygen atoms in total. The van der Waals surface area contributed by atoms with Gasteiger partial charge in [0.25, 0.3) is 5.91 Å². The molecule has 0 radical (unpaired) electrons. The number of oxazole rings is 1. The maximum atomic E-state index is 11.6. The van der Waals surface area contributed by atoms with Crippen molar-refractivity contribution in [2.24, 2.45) is 0 Å². The van der Waals surface area contributed by atoms with Crippen LogP contribution in [0.25, 0.3) is 0 Å². The Morgan fingerprint density at radius 2 is 2.38 bits per heavy atom. The van der Waals surface area contributed by atoms with Crippen LogP contribution in [-0.4, -0.2) is 15.9 Å². The number of nitrogens with one attached hydrogen (secondary N) is 1. The Labute approximate surface area is 92.5 Å². The lowest BCUT2D eigenvalue weighted by molar-refractivity contribution is 0.0945. The lowest BCUT2D eigenvalue weighted by Crippen LogP contribution is -2.23. The van der Waals surface area contributed by atoms with E-state index in [2.05, 4.69) is 15.3 Å². The molecule has 2 heterocycles. The Balaban J connectivity index is 1.94. The van der Waals surface area contributed by atoms with Crippen molar-refractivity contribution in [3.63, 3.8) is 0 Å². The van der Waals surface area contributed by atoms with Gasteiger partial charge >= 0.3 is 0 Å². The summed E-state index contributed by atoms with van der Waals surface area (Å²) in [6.45, 7) is 2.09. The zero-order valence-electron chi connectivity index (χ0n) is 8.80. The highest BCUT2D eigenvalue weighted by Gasteiger charge is 2.06. The molecule has 0 atom stereocenters. The van der Waals surface area contributed by atoms with E-state index in [1.54, 1.807) is 31.3 Å². The molecule has 5 heteroatoms. The van der Waals surface area contributed by atoms with Crippen molar-refractivity contribution in [2.45, 2.75) is 13.5 Å². The zero-order valence-corrected chi connectivity index (χ0v) is 8.80. The fourth-order valence-electron chi connectivity index (χ4n) is 1.25. The molecule has 0 aromatic carbocycles. The molecule has 2 rings (SSSR count). The topological polar surface area (TPSA) is 68.0 Å². The van der Waals surface area contributed by atoms with Crippen LogP contribution in [0.3, 0.4) is 0 Å². The quantitative estimate of drug-likeness (QED) is 0.841. The van der Waals surface area contributed by atoms with Crippen LogP contribution in [0, 0.1) is 6.92 Å². The Morgan fingerprint density at radius 1 is 1.50 bits per heavy atom. The largest absolute Gasteiger partial charge is 0.449 e. The zero-order chi connectivity index (χ0) is 11.4. The second-order valence-electron chi connectivity index (χ2n) is 3.26. The number of pyridine rings is 1. The monoisotopic (exact) mass is 217 g/mol. The van der Waals surface area contributed by atoms with Gasteiger partial charge in [-0.2, -0.15) is 0 Å². The minimum absolute atomic E-state index is 0.221. The van der Waals surface area contributed by atoms with Gasteiger partial charge in [0, 0.05) is 13.1 Å². The Kier molecular flexibility index (Phi) is 2.95. The van der Waals surface area contributed by atoms with Gasteiger partial charge in [-0.1, -0.05) is 6.07 Å². The van der Waals surface area contributed by atoms with Crippen molar-refractivity contribution in [3.8, 4) is 0 Å². The number of amides is 1. The van der Waals surface area contributed by atoms with E-state index in [4.69, 9.17) is 4.42 Å². The third kappa shape index (κ3) is 2.44. The average Bonchev–Trinajstić information content (AvgIpc) is 2.73. The molecule has 1 N–H and O–H groups in total. The van der Waals surface area contributed by atoms with E-state index in [1.807, 2.05) is 0 Å². The molecule has 16 heavy (non-hydrogen) atoms. The maximum absolute atomic E-state index is 11.6. The van der Waals surface area contributed by atoms with Crippen LogP contribution in [0.5, 0.6) is 0 Å². The van der Waals surface area contributed by atoms with Crippen molar-refractivity contribution < 1.29 is 9.21 Å². The second-order valence-corrected chi connectivity index (χ2v) is 3.26.